The summed E-state index contributed by atoms with van der Waals surface area (Å²) in [6, 6.07) is 0.277. The molecule has 8 heteroatoms. The molecule has 0 aromatic carbocycles. The number of aromatic nitrogens is 2. The van der Waals surface area contributed by atoms with Gasteiger partial charge in [-0.1, -0.05) is 0 Å². The van der Waals surface area contributed by atoms with Gasteiger partial charge in [-0.3, -0.25) is 4.79 Å². The summed E-state index contributed by atoms with van der Waals surface area (Å²) < 4.78 is 28.9. The van der Waals surface area contributed by atoms with Crippen molar-refractivity contribution in [2.24, 2.45) is 11.3 Å². The third-order valence-electron chi connectivity index (χ3n) is 7.03. The van der Waals surface area contributed by atoms with Gasteiger partial charge >= 0.3 is 5.97 Å². The SMILES string of the molecule is C[C@H]1CCN1c1nc(N2CCC3(CC(C(=O)O)C3)C2)c2c(n1)C(F)(F)CC2. The molecule has 146 valence electrons. The summed E-state index contributed by atoms with van der Waals surface area (Å²) in [5.41, 5.74) is 0.495. The van der Waals surface area contributed by atoms with Crippen LogP contribution < -0.4 is 9.80 Å². The number of fused-ring (bicyclic) bond motifs is 1. The number of hydrogen-bond donors (Lipinski definition) is 1. The molecular weight excluding hydrogens is 354 g/mol. The highest BCUT2D eigenvalue weighted by Gasteiger charge is 2.52. The molecular formula is C19H24F2N4O2. The van der Waals surface area contributed by atoms with Crippen molar-refractivity contribution in [1.29, 1.82) is 0 Å². The molecule has 1 atom stereocenters. The number of alkyl halides is 2. The summed E-state index contributed by atoms with van der Waals surface area (Å²) in [6.07, 6.45) is 3.38. The summed E-state index contributed by atoms with van der Waals surface area (Å²) in [4.78, 5) is 24.3. The number of carbonyl (C=O) groups is 1. The predicted octanol–water partition coefficient (Wildman–Crippen LogP) is 2.80. The summed E-state index contributed by atoms with van der Waals surface area (Å²) >= 11 is 0. The van der Waals surface area contributed by atoms with E-state index >= 15 is 0 Å². The Labute approximate surface area is 156 Å². The number of halogens is 2. The van der Waals surface area contributed by atoms with E-state index < -0.39 is 11.9 Å². The lowest BCUT2D eigenvalue weighted by molar-refractivity contribution is -0.149. The smallest absolute Gasteiger partial charge is 0.306 e. The second kappa shape index (κ2) is 5.52. The predicted molar refractivity (Wildman–Crippen MR) is 95.3 cm³/mol. The topological polar surface area (TPSA) is 69.6 Å². The van der Waals surface area contributed by atoms with Crippen molar-refractivity contribution >= 4 is 17.7 Å². The first-order chi connectivity index (χ1) is 12.8. The molecule has 0 amide bonds. The van der Waals surface area contributed by atoms with Crippen molar-refractivity contribution < 1.29 is 18.7 Å². The first kappa shape index (κ1) is 17.1. The maximum absolute atomic E-state index is 14.4. The van der Waals surface area contributed by atoms with E-state index in [2.05, 4.69) is 16.8 Å². The Bertz CT molecular complexity index is 809. The van der Waals surface area contributed by atoms with Crippen LogP contribution in [0.3, 0.4) is 0 Å². The molecule has 27 heavy (non-hydrogen) atoms. The quantitative estimate of drug-likeness (QED) is 0.872. The largest absolute Gasteiger partial charge is 0.481 e. The van der Waals surface area contributed by atoms with Crippen LogP contribution >= 0.6 is 0 Å². The van der Waals surface area contributed by atoms with E-state index in [0.717, 1.165) is 25.9 Å². The van der Waals surface area contributed by atoms with Crippen molar-refractivity contribution in [3.63, 3.8) is 0 Å². The van der Waals surface area contributed by atoms with Crippen molar-refractivity contribution in [2.75, 3.05) is 29.4 Å². The highest BCUT2D eigenvalue weighted by Crippen LogP contribution is 2.53. The highest BCUT2D eigenvalue weighted by atomic mass is 19.3. The number of carboxylic acid groups (broad SMARTS) is 1. The molecule has 2 aliphatic carbocycles. The van der Waals surface area contributed by atoms with Crippen LogP contribution in [0.4, 0.5) is 20.5 Å². The van der Waals surface area contributed by atoms with Crippen LogP contribution in [0.1, 0.15) is 50.3 Å². The van der Waals surface area contributed by atoms with E-state index in [1.165, 1.54) is 0 Å². The lowest BCUT2D eigenvalue weighted by Gasteiger charge is -2.43. The normalized spacial score (nSPS) is 33.7. The minimum absolute atomic E-state index is 0.00617. The Kier molecular flexibility index (Phi) is 3.50. The van der Waals surface area contributed by atoms with E-state index in [4.69, 9.17) is 4.98 Å². The molecule has 1 aromatic rings. The lowest BCUT2D eigenvalue weighted by Crippen LogP contribution is -2.47. The molecule has 6 nitrogen and oxygen atoms in total. The van der Waals surface area contributed by atoms with E-state index in [9.17, 15) is 18.7 Å². The lowest BCUT2D eigenvalue weighted by atomic mass is 9.61. The maximum Gasteiger partial charge on any atom is 0.306 e. The second-order valence-electron chi connectivity index (χ2n) is 8.82. The number of carboxylic acids is 1. The summed E-state index contributed by atoms with van der Waals surface area (Å²) in [7, 11) is 0. The van der Waals surface area contributed by atoms with Gasteiger partial charge in [0.15, 0.2) is 0 Å². The molecule has 1 spiro atoms. The van der Waals surface area contributed by atoms with Crippen molar-refractivity contribution in [1.82, 2.24) is 9.97 Å². The van der Waals surface area contributed by atoms with Gasteiger partial charge < -0.3 is 14.9 Å². The molecule has 5 rings (SSSR count). The van der Waals surface area contributed by atoms with Gasteiger partial charge in [-0.15, -0.1) is 0 Å². The van der Waals surface area contributed by atoms with E-state index in [0.29, 0.717) is 43.1 Å². The molecule has 0 radical (unpaired) electrons. The van der Waals surface area contributed by atoms with Crippen LogP contribution in [0.15, 0.2) is 0 Å². The van der Waals surface area contributed by atoms with Gasteiger partial charge in [0.2, 0.25) is 5.95 Å². The van der Waals surface area contributed by atoms with Gasteiger partial charge in [0.05, 0.1) is 5.92 Å². The number of hydrogen-bond acceptors (Lipinski definition) is 5. The fourth-order valence-electron chi connectivity index (χ4n) is 5.21. The average molecular weight is 378 g/mol. The number of rotatable bonds is 3. The molecule has 0 unspecified atom stereocenters. The Morgan fingerprint density at radius 3 is 2.63 bits per heavy atom. The number of aliphatic carboxylic acids is 1. The van der Waals surface area contributed by atoms with Crippen LogP contribution in [-0.2, 0) is 17.1 Å². The first-order valence-electron chi connectivity index (χ1n) is 9.82. The molecule has 2 saturated heterocycles. The summed E-state index contributed by atoms with van der Waals surface area (Å²) in [5, 5.41) is 9.18. The van der Waals surface area contributed by atoms with Crippen LogP contribution in [0.2, 0.25) is 0 Å². The van der Waals surface area contributed by atoms with Crippen molar-refractivity contribution in [3.05, 3.63) is 11.3 Å². The van der Waals surface area contributed by atoms with E-state index in [1.807, 2.05) is 4.90 Å². The zero-order valence-corrected chi connectivity index (χ0v) is 15.4. The van der Waals surface area contributed by atoms with Crippen LogP contribution in [0, 0.1) is 11.3 Å². The Balaban J connectivity index is 1.47. The second-order valence-corrected chi connectivity index (χ2v) is 8.82. The zero-order valence-electron chi connectivity index (χ0n) is 15.4. The standard InChI is InChI=1S/C19H24F2N4O2/c1-11-3-6-25(11)17-22-14-13(2-4-19(14,20)21)15(23-17)24-7-5-18(10-24)8-12(9-18)16(26)27/h11-12H,2-10H2,1H3,(H,26,27)/t11-,12?,18?/m0/s1. The average Bonchev–Trinajstić information content (AvgIpc) is 3.14. The third kappa shape index (κ3) is 2.51. The molecule has 4 aliphatic rings. The zero-order chi connectivity index (χ0) is 19.0. The first-order valence-corrected chi connectivity index (χ1v) is 9.82. The molecule has 3 heterocycles. The van der Waals surface area contributed by atoms with Gasteiger partial charge in [0, 0.05) is 37.7 Å². The molecule has 1 N–H and O–H groups in total. The van der Waals surface area contributed by atoms with E-state index in [-0.39, 0.29) is 29.5 Å². The van der Waals surface area contributed by atoms with Gasteiger partial charge in [-0.2, -0.15) is 13.8 Å². The Morgan fingerprint density at radius 2 is 2.00 bits per heavy atom. The monoisotopic (exact) mass is 378 g/mol. The Hall–Kier alpha value is -1.99. The maximum atomic E-state index is 14.4. The summed E-state index contributed by atoms with van der Waals surface area (Å²) in [5.74, 6) is -2.80. The fraction of sp³-hybridized carbons (Fsp3) is 0.737. The summed E-state index contributed by atoms with van der Waals surface area (Å²) in [6.45, 7) is 4.31. The minimum atomic E-state index is -2.89. The van der Waals surface area contributed by atoms with Crippen LogP contribution in [-0.4, -0.2) is 46.7 Å². The van der Waals surface area contributed by atoms with Crippen LogP contribution in [0.25, 0.3) is 0 Å². The molecule has 1 aromatic heterocycles. The highest BCUT2D eigenvalue weighted by molar-refractivity contribution is 5.71. The number of nitrogens with zero attached hydrogens (tertiary/aromatic N) is 4. The van der Waals surface area contributed by atoms with Crippen LogP contribution in [0.5, 0.6) is 0 Å². The molecule has 0 bridgehead atoms. The Morgan fingerprint density at radius 1 is 1.22 bits per heavy atom. The van der Waals surface area contributed by atoms with Gasteiger partial charge in [0.1, 0.15) is 11.5 Å². The molecule has 3 fully saturated rings. The number of anilines is 2. The van der Waals surface area contributed by atoms with Crippen molar-refractivity contribution in [2.45, 2.75) is 57.4 Å². The molecule has 2 aliphatic heterocycles. The van der Waals surface area contributed by atoms with E-state index in [1.54, 1.807) is 0 Å². The fourth-order valence-corrected chi connectivity index (χ4v) is 5.21. The van der Waals surface area contributed by atoms with Gasteiger partial charge in [-0.05, 0) is 44.4 Å². The van der Waals surface area contributed by atoms with Gasteiger partial charge in [0.25, 0.3) is 5.92 Å². The van der Waals surface area contributed by atoms with Crippen molar-refractivity contribution in [3.8, 4) is 0 Å². The van der Waals surface area contributed by atoms with Gasteiger partial charge in [-0.25, -0.2) is 4.98 Å². The molecule has 1 saturated carbocycles. The minimum Gasteiger partial charge on any atom is -0.481 e. The third-order valence-corrected chi connectivity index (χ3v) is 7.03.